The highest BCUT2D eigenvalue weighted by Crippen LogP contribution is 2.54. The van der Waals surface area contributed by atoms with Crippen LogP contribution in [0.5, 0.6) is 0 Å². The van der Waals surface area contributed by atoms with Gasteiger partial charge < -0.3 is 9.84 Å². The summed E-state index contributed by atoms with van der Waals surface area (Å²) in [5.41, 5.74) is -0.266. The normalized spacial score (nSPS) is 30.4. The minimum Gasteiger partial charge on any atom is -0.479 e. The summed E-state index contributed by atoms with van der Waals surface area (Å²) in [6.07, 6.45) is 1.36. The van der Waals surface area contributed by atoms with Gasteiger partial charge in [0.2, 0.25) is 0 Å². The van der Waals surface area contributed by atoms with E-state index in [9.17, 15) is 14.7 Å². The van der Waals surface area contributed by atoms with E-state index >= 15 is 0 Å². The molecule has 1 aromatic carbocycles. The third kappa shape index (κ3) is 2.26. The summed E-state index contributed by atoms with van der Waals surface area (Å²) in [5, 5.41) is 9.56. The molecule has 0 radical (unpaired) electrons. The quantitative estimate of drug-likeness (QED) is 0.929. The molecule has 1 heterocycles. The molecule has 2 aliphatic rings. The smallest absolute Gasteiger partial charge is 0.411 e. The highest BCUT2D eigenvalue weighted by Gasteiger charge is 2.63. The van der Waals surface area contributed by atoms with Crippen molar-refractivity contribution in [2.24, 2.45) is 5.41 Å². The molecule has 1 aromatic rings. The number of amides is 1. The number of nitrogens with zero attached hydrogens (tertiary/aromatic N) is 1. The second-order valence-corrected chi connectivity index (χ2v) is 6.45. The van der Waals surface area contributed by atoms with Gasteiger partial charge in [-0.25, -0.2) is 9.59 Å². The number of likely N-dealkylation sites (tertiary alicyclic amines) is 1. The largest absolute Gasteiger partial charge is 0.479 e. The van der Waals surface area contributed by atoms with Gasteiger partial charge in [-0.1, -0.05) is 37.3 Å². The Hall–Kier alpha value is -2.04. The number of carboxylic acids is 1. The SMILES string of the molecule is CC12CCC(C(=O)O)(C1)N(C(=O)OCc1ccccc1)C2. The molecule has 0 spiro atoms. The molecule has 5 heteroatoms. The predicted molar refractivity (Wildman–Crippen MR) is 75.7 cm³/mol. The Morgan fingerprint density at radius 2 is 2.00 bits per heavy atom. The van der Waals surface area contributed by atoms with E-state index in [0.29, 0.717) is 19.4 Å². The number of rotatable bonds is 3. The molecule has 1 aliphatic heterocycles. The van der Waals surface area contributed by atoms with Crippen LogP contribution in [0.4, 0.5) is 4.79 Å². The predicted octanol–water partition coefficient (Wildman–Crippen LogP) is 2.65. The number of piperidine rings is 1. The lowest BCUT2D eigenvalue weighted by Crippen LogP contribution is -2.53. The van der Waals surface area contributed by atoms with Crippen LogP contribution >= 0.6 is 0 Å². The van der Waals surface area contributed by atoms with Gasteiger partial charge in [0.25, 0.3) is 0 Å². The fourth-order valence-corrected chi connectivity index (χ4v) is 3.62. The third-order valence-corrected chi connectivity index (χ3v) is 4.74. The lowest BCUT2D eigenvalue weighted by Gasteiger charge is -2.35. The van der Waals surface area contributed by atoms with E-state index in [2.05, 4.69) is 0 Å². The second-order valence-electron chi connectivity index (χ2n) is 6.45. The fraction of sp³-hybridized carbons (Fsp3) is 0.500. The van der Waals surface area contributed by atoms with Crippen LogP contribution in [0.3, 0.4) is 0 Å². The number of fused-ring (bicyclic) bond motifs is 2. The Bertz CT molecular complexity index is 573. The van der Waals surface area contributed by atoms with Crippen molar-refractivity contribution < 1.29 is 19.4 Å². The number of carbonyl (C=O) groups excluding carboxylic acids is 1. The highest BCUT2D eigenvalue weighted by atomic mass is 16.6. The van der Waals surface area contributed by atoms with Crippen molar-refractivity contribution in [2.45, 2.75) is 38.3 Å². The van der Waals surface area contributed by atoms with Gasteiger partial charge in [0.05, 0.1) is 0 Å². The molecule has 112 valence electrons. The van der Waals surface area contributed by atoms with Gasteiger partial charge in [-0.05, 0) is 30.2 Å². The molecule has 21 heavy (non-hydrogen) atoms. The van der Waals surface area contributed by atoms with Gasteiger partial charge in [0.15, 0.2) is 0 Å². The first-order valence-corrected chi connectivity index (χ1v) is 7.17. The van der Waals surface area contributed by atoms with E-state index in [1.54, 1.807) is 0 Å². The first-order chi connectivity index (χ1) is 9.95. The van der Waals surface area contributed by atoms with E-state index in [-0.39, 0.29) is 12.0 Å². The van der Waals surface area contributed by atoms with E-state index in [4.69, 9.17) is 4.74 Å². The maximum atomic E-state index is 12.3. The average molecular weight is 289 g/mol. The van der Waals surface area contributed by atoms with Gasteiger partial charge in [-0.2, -0.15) is 0 Å². The van der Waals surface area contributed by atoms with E-state index in [0.717, 1.165) is 12.0 Å². The van der Waals surface area contributed by atoms with Crippen molar-refractivity contribution in [1.82, 2.24) is 4.90 Å². The summed E-state index contributed by atoms with van der Waals surface area (Å²) in [6, 6.07) is 9.39. The molecule has 1 saturated heterocycles. The monoisotopic (exact) mass is 289 g/mol. The molecule has 2 fully saturated rings. The number of carboxylic acid groups (broad SMARTS) is 1. The Labute approximate surface area is 123 Å². The molecular formula is C16H19NO4. The van der Waals surface area contributed by atoms with Crippen LogP contribution in [-0.4, -0.2) is 34.2 Å². The van der Waals surface area contributed by atoms with E-state index in [1.165, 1.54) is 4.90 Å². The minimum absolute atomic E-state index is 0.0931. The van der Waals surface area contributed by atoms with Crippen LogP contribution in [0.15, 0.2) is 30.3 Å². The molecule has 1 aliphatic carbocycles. The van der Waals surface area contributed by atoms with Gasteiger partial charge in [-0.3, -0.25) is 4.90 Å². The van der Waals surface area contributed by atoms with Crippen molar-refractivity contribution in [3.05, 3.63) is 35.9 Å². The van der Waals surface area contributed by atoms with Gasteiger partial charge >= 0.3 is 12.1 Å². The van der Waals surface area contributed by atoms with Crippen LogP contribution in [-0.2, 0) is 16.1 Å². The molecule has 2 bridgehead atoms. The summed E-state index contributed by atoms with van der Waals surface area (Å²) in [6.45, 7) is 2.68. The van der Waals surface area contributed by atoms with Gasteiger partial charge in [0.1, 0.15) is 12.1 Å². The van der Waals surface area contributed by atoms with Gasteiger partial charge in [0, 0.05) is 6.54 Å². The van der Waals surface area contributed by atoms with Crippen molar-refractivity contribution in [2.75, 3.05) is 6.54 Å². The fourth-order valence-electron chi connectivity index (χ4n) is 3.62. The third-order valence-electron chi connectivity index (χ3n) is 4.74. The molecule has 1 saturated carbocycles. The number of carbonyl (C=O) groups is 2. The van der Waals surface area contributed by atoms with Crippen molar-refractivity contribution in [3.63, 3.8) is 0 Å². The lowest BCUT2D eigenvalue weighted by molar-refractivity contribution is -0.149. The maximum Gasteiger partial charge on any atom is 0.411 e. The van der Waals surface area contributed by atoms with Crippen molar-refractivity contribution in [3.8, 4) is 0 Å². The molecule has 3 rings (SSSR count). The lowest BCUT2D eigenvalue weighted by atomic mass is 9.90. The Morgan fingerprint density at radius 1 is 1.29 bits per heavy atom. The molecule has 0 aromatic heterocycles. The van der Waals surface area contributed by atoms with Crippen molar-refractivity contribution in [1.29, 1.82) is 0 Å². The number of benzene rings is 1. The number of aliphatic carboxylic acids is 1. The summed E-state index contributed by atoms with van der Waals surface area (Å²) < 4.78 is 5.31. The van der Waals surface area contributed by atoms with Crippen molar-refractivity contribution >= 4 is 12.1 Å². The van der Waals surface area contributed by atoms with E-state index in [1.807, 2.05) is 37.3 Å². The average Bonchev–Trinajstić information content (AvgIpc) is 2.98. The Morgan fingerprint density at radius 3 is 2.62 bits per heavy atom. The molecule has 2 unspecified atom stereocenters. The summed E-state index contributed by atoms with van der Waals surface area (Å²) >= 11 is 0. The summed E-state index contributed by atoms with van der Waals surface area (Å²) in [4.78, 5) is 25.4. The standard InChI is InChI=1S/C16H19NO4/c1-15-7-8-16(10-15,13(18)19)17(11-15)14(20)21-9-12-5-3-2-4-6-12/h2-6H,7-11H2,1H3,(H,18,19). The number of hydrogen-bond donors (Lipinski definition) is 1. The minimum atomic E-state index is -1.07. The van der Waals surface area contributed by atoms with Crippen LogP contribution in [0, 0.1) is 5.41 Å². The number of hydrogen-bond acceptors (Lipinski definition) is 3. The van der Waals surface area contributed by atoms with Crippen LogP contribution in [0.25, 0.3) is 0 Å². The molecule has 2 atom stereocenters. The Balaban J connectivity index is 1.71. The molecule has 5 nitrogen and oxygen atoms in total. The first kappa shape index (κ1) is 13.9. The zero-order valence-electron chi connectivity index (χ0n) is 12.0. The molecule has 1 amide bonds. The van der Waals surface area contributed by atoms with Gasteiger partial charge in [-0.15, -0.1) is 0 Å². The zero-order chi connectivity index (χ0) is 15.1. The molecular weight excluding hydrogens is 270 g/mol. The Kier molecular flexibility index (Phi) is 3.15. The summed E-state index contributed by atoms with van der Waals surface area (Å²) in [5.74, 6) is -0.916. The first-order valence-electron chi connectivity index (χ1n) is 7.17. The highest BCUT2D eigenvalue weighted by molar-refractivity contribution is 5.86. The van der Waals surface area contributed by atoms with E-state index < -0.39 is 17.6 Å². The van der Waals surface area contributed by atoms with Crippen LogP contribution in [0.2, 0.25) is 0 Å². The van der Waals surface area contributed by atoms with Crippen LogP contribution in [0.1, 0.15) is 31.7 Å². The number of ether oxygens (including phenoxy) is 1. The van der Waals surface area contributed by atoms with Crippen LogP contribution < -0.4 is 0 Å². The molecule has 1 N–H and O–H groups in total. The summed E-state index contributed by atoms with van der Waals surface area (Å²) in [7, 11) is 0. The second kappa shape index (κ2) is 4.76. The zero-order valence-corrected chi connectivity index (χ0v) is 12.0. The topological polar surface area (TPSA) is 66.8 Å². The maximum absolute atomic E-state index is 12.3.